The molecule has 0 atom stereocenters. The summed E-state index contributed by atoms with van der Waals surface area (Å²) in [5.74, 6) is 0. The molecule has 1 saturated heterocycles. The highest BCUT2D eigenvalue weighted by atomic mass is 32.1. The molecule has 1 aliphatic heterocycles. The highest BCUT2D eigenvalue weighted by molar-refractivity contribution is 7.16. The van der Waals surface area contributed by atoms with Gasteiger partial charge in [0.25, 0.3) is 0 Å². The number of morpholine rings is 1. The van der Waals surface area contributed by atoms with Crippen LogP contribution in [0, 0.1) is 0 Å². The summed E-state index contributed by atoms with van der Waals surface area (Å²) >= 11 is 3.34. The number of unbranched alkanes of at least 4 members (excludes halogenated alkanes) is 1. The number of hydrogen-bond acceptors (Lipinski definition) is 6. The highest BCUT2D eigenvalue weighted by Crippen LogP contribution is 2.30. The molecule has 1 aliphatic rings. The predicted molar refractivity (Wildman–Crippen MR) is 90.0 cm³/mol. The van der Waals surface area contributed by atoms with Crippen LogP contribution in [-0.2, 0) is 11.2 Å². The molecule has 0 unspecified atom stereocenters. The van der Waals surface area contributed by atoms with Crippen LogP contribution >= 0.6 is 22.7 Å². The van der Waals surface area contributed by atoms with Crippen molar-refractivity contribution >= 4 is 27.8 Å². The molecule has 2 N–H and O–H groups in total. The molecule has 21 heavy (non-hydrogen) atoms. The van der Waals surface area contributed by atoms with Crippen LogP contribution in [0.3, 0.4) is 0 Å². The first kappa shape index (κ1) is 15.0. The quantitative estimate of drug-likeness (QED) is 0.830. The van der Waals surface area contributed by atoms with Crippen LogP contribution in [0.2, 0.25) is 0 Å². The number of anilines is 1. The third-order valence-corrected chi connectivity index (χ3v) is 5.53. The van der Waals surface area contributed by atoms with E-state index >= 15 is 0 Å². The van der Waals surface area contributed by atoms with Gasteiger partial charge in [0.15, 0.2) is 5.13 Å². The maximum Gasteiger partial charge on any atom is 0.180 e. The van der Waals surface area contributed by atoms with E-state index in [1.165, 1.54) is 40.5 Å². The molecule has 2 aromatic heterocycles. The standard InChI is InChI=1S/C15H21N3OS2/c16-15-17-13(11-20-15)14-5-4-12(21-14)3-1-2-6-18-7-9-19-10-8-18/h4-5,11H,1-3,6-10H2,(H2,16,17). The SMILES string of the molecule is Nc1nc(-c2ccc(CCCCN3CCOCC3)s2)cs1. The zero-order chi connectivity index (χ0) is 14.5. The third-order valence-electron chi connectivity index (χ3n) is 3.69. The second kappa shape index (κ2) is 7.35. The van der Waals surface area contributed by atoms with Gasteiger partial charge in [-0.2, -0.15) is 0 Å². The maximum absolute atomic E-state index is 5.69. The van der Waals surface area contributed by atoms with E-state index in [2.05, 4.69) is 22.0 Å². The molecular formula is C15H21N3OS2. The van der Waals surface area contributed by atoms with E-state index in [0.717, 1.165) is 38.4 Å². The van der Waals surface area contributed by atoms with Gasteiger partial charge in [0.1, 0.15) is 0 Å². The number of thiazole rings is 1. The molecule has 3 rings (SSSR count). The van der Waals surface area contributed by atoms with Crippen LogP contribution in [-0.4, -0.2) is 42.7 Å². The number of aromatic nitrogens is 1. The maximum atomic E-state index is 5.69. The van der Waals surface area contributed by atoms with Gasteiger partial charge in [0.2, 0.25) is 0 Å². The van der Waals surface area contributed by atoms with Gasteiger partial charge in [-0.1, -0.05) is 0 Å². The second-order valence-corrected chi connectivity index (χ2v) is 7.31. The Morgan fingerprint density at radius 3 is 2.86 bits per heavy atom. The van der Waals surface area contributed by atoms with E-state index < -0.39 is 0 Å². The molecule has 0 amide bonds. The fourth-order valence-corrected chi connectivity index (χ4v) is 4.16. The van der Waals surface area contributed by atoms with Crippen LogP contribution in [0.4, 0.5) is 5.13 Å². The lowest BCUT2D eigenvalue weighted by atomic mass is 10.2. The van der Waals surface area contributed by atoms with E-state index in [0.29, 0.717) is 5.13 Å². The lowest BCUT2D eigenvalue weighted by Crippen LogP contribution is -2.36. The van der Waals surface area contributed by atoms with Crippen LogP contribution < -0.4 is 5.73 Å². The molecule has 3 heterocycles. The average Bonchev–Trinajstić information content (AvgIpc) is 3.13. The molecule has 4 nitrogen and oxygen atoms in total. The van der Waals surface area contributed by atoms with Crippen LogP contribution in [0.1, 0.15) is 17.7 Å². The van der Waals surface area contributed by atoms with E-state index in [4.69, 9.17) is 10.5 Å². The lowest BCUT2D eigenvalue weighted by molar-refractivity contribution is 0.0372. The molecule has 6 heteroatoms. The second-order valence-electron chi connectivity index (χ2n) is 5.25. The van der Waals surface area contributed by atoms with Crippen molar-refractivity contribution in [3.8, 4) is 10.6 Å². The Kier molecular flexibility index (Phi) is 5.24. The Morgan fingerprint density at radius 2 is 2.10 bits per heavy atom. The zero-order valence-corrected chi connectivity index (χ0v) is 13.7. The van der Waals surface area contributed by atoms with Crippen LogP contribution in [0.25, 0.3) is 10.6 Å². The normalized spacial score (nSPS) is 16.4. The van der Waals surface area contributed by atoms with Crippen molar-refractivity contribution in [3.63, 3.8) is 0 Å². The number of nitrogens with two attached hydrogens (primary N) is 1. The largest absolute Gasteiger partial charge is 0.379 e. The molecule has 0 spiro atoms. The molecule has 0 bridgehead atoms. The van der Waals surface area contributed by atoms with Gasteiger partial charge in [-0.05, 0) is 37.9 Å². The summed E-state index contributed by atoms with van der Waals surface area (Å²) in [6.45, 7) is 5.17. The summed E-state index contributed by atoms with van der Waals surface area (Å²) < 4.78 is 5.37. The van der Waals surface area contributed by atoms with Crippen LogP contribution in [0.5, 0.6) is 0 Å². The fourth-order valence-electron chi connectivity index (χ4n) is 2.51. The van der Waals surface area contributed by atoms with E-state index in [1.807, 2.05) is 16.7 Å². The molecule has 0 aromatic carbocycles. The van der Waals surface area contributed by atoms with E-state index in [1.54, 1.807) is 0 Å². The first-order valence-electron chi connectivity index (χ1n) is 7.41. The van der Waals surface area contributed by atoms with Gasteiger partial charge in [-0.15, -0.1) is 22.7 Å². The van der Waals surface area contributed by atoms with Crippen molar-refractivity contribution < 1.29 is 4.74 Å². The zero-order valence-electron chi connectivity index (χ0n) is 12.1. The molecule has 0 aliphatic carbocycles. The molecule has 0 saturated carbocycles. The minimum absolute atomic E-state index is 0.644. The van der Waals surface area contributed by atoms with Crippen molar-refractivity contribution in [2.45, 2.75) is 19.3 Å². The van der Waals surface area contributed by atoms with Crippen molar-refractivity contribution in [1.29, 1.82) is 0 Å². The minimum Gasteiger partial charge on any atom is -0.379 e. The van der Waals surface area contributed by atoms with Crippen molar-refractivity contribution in [2.24, 2.45) is 0 Å². The van der Waals surface area contributed by atoms with Gasteiger partial charge in [0, 0.05) is 23.3 Å². The Morgan fingerprint density at radius 1 is 1.24 bits per heavy atom. The monoisotopic (exact) mass is 323 g/mol. The summed E-state index contributed by atoms with van der Waals surface area (Å²) in [5, 5.41) is 2.68. The third kappa shape index (κ3) is 4.26. The lowest BCUT2D eigenvalue weighted by Gasteiger charge is -2.26. The Bertz CT molecular complexity index is 561. The summed E-state index contributed by atoms with van der Waals surface area (Å²) in [7, 11) is 0. The summed E-state index contributed by atoms with van der Waals surface area (Å²) in [6.07, 6.45) is 3.67. The Labute approximate surface area is 133 Å². The molecule has 114 valence electrons. The number of thiophene rings is 1. The van der Waals surface area contributed by atoms with Crippen molar-refractivity contribution in [1.82, 2.24) is 9.88 Å². The number of aryl methyl sites for hydroxylation is 1. The van der Waals surface area contributed by atoms with Gasteiger partial charge in [-0.25, -0.2) is 4.98 Å². The van der Waals surface area contributed by atoms with Gasteiger partial charge in [0.05, 0.1) is 23.8 Å². The van der Waals surface area contributed by atoms with Gasteiger partial charge in [-0.3, -0.25) is 4.90 Å². The number of rotatable bonds is 6. The minimum atomic E-state index is 0.644. The van der Waals surface area contributed by atoms with Crippen LogP contribution in [0.15, 0.2) is 17.5 Å². The molecule has 0 radical (unpaired) electrons. The van der Waals surface area contributed by atoms with Gasteiger partial charge < -0.3 is 10.5 Å². The number of nitrogen functional groups attached to an aromatic ring is 1. The molecular weight excluding hydrogens is 302 g/mol. The predicted octanol–water partition coefficient (Wildman–Crippen LogP) is 3.11. The van der Waals surface area contributed by atoms with Crippen molar-refractivity contribution in [3.05, 3.63) is 22.4 Å². The van der Waals surface area contributed by atoms with Gasteiger partial charge >= 0.3 is 0 Å². The highest BCUT2D eigenvalue weighted by Gasteiger charge is 2.10. The average molecular weight is 323 g/mol. The smallest absolute Gasteiger partial charge is 0.180 e. The number of ether oxygens (including phenoxy) is 1. The number of hydrogen-bond donors (Lipinski definition) is 1. The first-order chi connectivity index (χ1) is 10.3. The number of nitrogens with zero attached hydrogens (tertiary/aromatic N) is 2. The van der Waals surface area contributed by atoms with E-state index in [-0.39, 0.29) is 0 Å². The first-order valence-corrected chi connectivity index (χ1v) is 9.11. The van der Waals surface area contributed by atoms with Crippen molar-refractivity contribution in [2.75, 3.05) is 38.6 Å². The Balaban J connectivity index is 1.42. The Hall–Kier alpha value is -0.950. The summed E-state index contributed by atoms with van der Waals surface area (Å²) in [6, 6.07) is 4.39. The topological polar surface area (TPSA) is 51.4 Å². The van der Waals surface area contributed by atoms with E-state index in [9.17, 15) is 0 Å². The fraction of sp³-hybridized carbons (Fsp3) is 0.533. The summed E-state index contributed by atoms with van der Waals surface area (Å²) in [5.41, 5.74) is 6.71. The summed E-state index contributed by atoms with van der Waals surface area (Å²) in [4.78, 5) is 9.51. The molecule has 1 fully saturated rings. The molecule has 2 aromatic rings.